The summed E-state index contributed by atoms with van der Waals surface area (Å²) in [6.07, 6.45) is 0.349. The maximum absolute atomic E-state index is 10.8. The number of carboxylic acids is 1. The van der Waals surface area contributed by atoms with E-state index in [1.54, 1.807) is 0 Å². The lowest BCUT2D eigenvalue weighted by molar-refractivity contribution is -0.178. The molecule has 0 unspecified atom stereocenters. The molecule has 16 heavy (non-hydrogen) atoms. The highest BCUT2D eigenvalue weighted by Gasteiger charge is 2.38. The monoisotopic (exact) mass is 222 g/mol. The predicted molar refractivity (Wildman–Crippen MR) is 57.0 cm³/mol. The van der Waals surface area contributed by atoms with Crippen molar-refractivity contribution in [1.82, 2.24) is 0 Å². The topological polar surface area (TPSA) is 55.8 Å². The van der Waals surface area contributed by atoms with Crippen molar-refractivity contribution in [3.63, 3.8) is 0 Å². The van der Waals surface area contributed by atoms with Gasteiger partial charge in [-0.1, -0.05) is 30.3 Å². The van der Waals surface area contributed by atoms with Gasteiger partial charge in [-0.2, -0.15) is 0 Å². The normalized spacial score (nSPS) is 18.5. The maximum Gasteiger partial charge on any atom is 0.308 e. The van der Waals surface area contributed by atoms with Crippen LogP contribution >= 0.6 is 0 Å². The van der Waals surface area contributed by atoms with E-state index in [-0.39, 0.29) is 6.42 Å². The highest BCUT2D eigenvalue weighted by molar-refractivity contribution is 5.68. The lowest BCUT2D eigenvalue weighted by Crippen LogP contribution is -2.35. The molecule has 0 bridgehead atoms. The van der Waals surface area contributed by atoms with E-state index in [0.717, 1.165) is 5.56 Å². The van der Waals surface area contributed by atoms with Crippen molar-refractivity contribution in [2.75, 3.05) is 13.2 Å². The van der Waals surface area contributed by atoms with E-state index < -0.39 is 11.8 Å². The fourth-order valence-corrected chi connectivity index (χ4v) is 1.90. The Kier molecular flexibility index (Phi) is 3.22. The SMILES string of the molecule is O=C(O)CC1(Cc2ccccc2)OCCO1. The summed E-state index contributed by atoms with van der Waals surface area (Å²) in [4.78, 5) is 10.8. The van der Waals surface area contributed by atoms with Gasteiger partial charge in [-0.05, 0) is 5.56 Å². The summed E-state index contributed by atoms with van der Waals surface area (Å²) in [6, 6.07) is 9.63. The third-order valence-electron chi connectivity index (χ3n) is 2.55. The molecule has 1 saturated heterocycles. The van der Waals surface area contributed by atoms with Crippen LogP contribution in [0.5, 0.6) is 0 Å². The summed E-state index contributed by atoms with van der Waals surface area (Å²) in [5, 5.41) is 8.86. The Morgan fingerprint density at radius 3 is 2.44 bits per heavy atom. The van der Waals surface area contributed by atoms with Crippen molar-refractivity contribution >= 4 is 5.97 Å². The number of rotatable bonds is 4. The van der Waals surface area contributed by atoms with Crippen molar-refractivity contribution in [3.05, 3.63) is 35.9 Å². The number of aliphatic carboxylic acids is 1. The van der Waals surface area contributed by atoms with Crippen LogP contribution in [-0.2, 0) is 20.7 Å². The van der Waals surface area contributed by atoms with E-state index in [2.05, 4.69) is 0 Å². The summed E-state index contributed by atoms with van der Waals surface area (Å²) in [5.74, 6) is -1.88. The van der Waals surface area contributed by atoms with Gasteiger partial charge in [0, 0.05) is 6.42 Å². The predicted octanol–water partition coefficient (Wildman–Crippen LogP) is 1.45. The van der Waals surface area contributed by atoms with Crippen LogP contribution < -0.4 is 0 Å². The minimum absolute atomic E-state index is 0.123. The van der Waals surface area contributed by atoms with Gasteiger partial charge in [0.25, 0.3) is 0 Å². The molecule has 0 aromatic heterocycles. The molecule has 1 fully saturated rings. The summed E-state index contributed by atoms with van der Waals surface area (Å²) < 4.78 is 10.9. The number of carbonyl (C=O) groups is 1. The fraction of sp³-hybridized carbons (Fsp3) is 0.417. The van der Waals surface area contributed by atoms with Crippen molar-refractivity contribution in [2.45, 2.75) is 18.6 Å². The first-order valence-electron chi connectivity index (χ1n) is 5.24. The smallest absolute Gasteiger partial charge is 0.308 e. The molecule has 1 heterocycles. The molecular formula is C12H14O4. The van der Waals surface area contributed by atoms with Crippen molar-refractivity contribution in [1.29, 1.82) is 0 Å². The van der Waals surface area contributed by atoms with Crippen molar-refractivity contribution in [3.8, 4) is 0 Å². The first-order valence-corrected chi connectivity index (χ1v) is 5.24. The molecule has 1 aromatic carbocycles. The highest BCUT2D eigenvalue weighted by Crippen LogP contribution is 2.27. The van der Waals surface area contributed by atoms with E-state index >= 15 is 0 Å². The van der Waals surface area contributed by atoms with Crippen LogP contribution in [0.1, 0.15) is 12.0 Å². The lowest BCUT2D eigenvalue weighted by Gasteiger charge is -2.25. The van der Waals surface area contributed by atoms with E-state index in [1.807, 2.05) is 30.3 Å². The first kappa shape index (κ1) is 11.1. The van der Waals surface area contributed by atoms with Crippen LogP contribution in [0, 0.1) is 0 Å². The second kappa shape index (κ2) is 4.63. The summed E-state index contributed by atoms with van der Waals surface area (Å²) in [7, 11) is 0. The Morgan fingerprint density at radius 2 is 1.88 bits per heavy atom. The van der Waals surface area contributed by atoms with Crippen LogP contribution in [0.15, 0.2) is 30.3 Å². The zero-order valence-electron chi connectivity index (χ0n) is 8.89. The van der Waals surface area contributed by atoms with Gasteiger partial charge >= 0.3 is 5.97 Å². The molecular weight excluding hydrogens is 208 g/mol. The molecule has 0 atom stereocenters. The Balaban J connectivity index is 2.11. The van der Waals surface area contributed by atoms with Gasteiger partial charge in [0.1, 0.15) is 0 Å². The largest absolute Gasteiger partial charge is 0.481 e. The van der Waals surface area contributed by atoms with Gasteiger partial charge in [0.05, 0.1) is 19.6 Å². The summed E-state index contributed by atoms with van der Waals surface area (Å²) in [6.45, 7) is 0.917. The van der Waals surface area contributed by atoms with Crippen LogP contribution in [0.2, 0.25) is 0 Å². The number of ether oxygens (including phenoxy) is 2. The second-order valence-corrected chi connectivity index (χ2v) is 3.84. The van der Waals surface area contributed by atoms with Crippen LogP contribution in [0.4, 0.5) is 0 Å². The maximum atomic E-state index is 10.8. The van der Waals surface area contributed by atoms with Gasteiger partial charge in [0.15, 0.2) is 5.79 Å². The van der Waals surface area contributed by atoms with Crippen LogP contribution in [0.25, 0.3) is 0 Å². The molecule has 0 spiro atoms. The summed E-state index contributed by atoms with van der Waals surface area (Å²) >= 11 is 0. The standard InChI is InChI=1S/C12H14O4/c13-11(14)9-12(15-6-7-16-12)8-10-4-2-1-3-5-10/h1-5H,6-9H2,(H,13,14). The van der Waals surface area contributed by atoms with Crippen molar-refractivity contribution < 1.29 is 19.4 Å². The first-order chi connectivity index (χ1) is 7.70. The van der Waals surface area contributed by atoms with Crippen LogP contribution in [0.3, 0.4) is 0 Å². The lowest BCUT2D eigenvalue weighted by atomic mass is 10.0. The zero-order valence-corrected chi connectivity index (χ0v) is 8.89. The number of benzene rings is 1. The minimum Gasteiger partial charge on any atom is -0.481 e. The molecule has 0 radical (unpaired) electrons. The fourth-order valence-electron chi connectivity index (χ4n) is 1.90. The molecule has 4 heteroatoms. The Hall–Kier alpha value is -1.39. The Morgan fingerprint density at radius 1 is 1.25 bits per heavy atom. The van der Waals surface area contributed by atoms with E-state index in [1.165, 1.54) is 0 Å². The molecule has 86 valence electrons. The molecule has 1 aliphatic heterocycles. The van der Waals surface area contributed by atoms with Crippen molar-refractivity contribution in [2.24, 2.45) is 0 Å². The molecule has 0 saturated carbocycles. The Labute approximate surface area is 93.8 Å². The van der Waals surface area contributed by atoms with Gasteiger partial charge in [0.2, 0.25) is 0 Å². The highest BCUT2D eigenvalue weighted by atomic mass is 16.7. The molecule has 1 aliphatic rings. The number of hydrogen-bond donors (Lipinski definition) is 1. The Bertz CT molecular complexity index is 355. The van der Waals surface area contributed by atoms with Gasteiger partial charge in [-0.3, -0.25) is 4.79 Å². The van der Waals surface area contributed by atoms with Crippen LogP contribution in [-0.4, -0.2) is 30.1 Å². The number of hydrogen-bond acceptors (Lipinski definition) is 3. The summed E-state index contributed by atoms with van der Waals surface area (Å²) in [5.41, 5.74) is 1.02. The molecule has 0 aliphatic carbocycles. The third kappa shape index (κ3) is 2.59. The minimum atomic E-state index is -0.979. The quantitative estimate of drug-likeness (QED) is 0.837. The molecule has 1 aromatic rings. The molecule has 0 amide bonds. The third-order valence-corrected chi connectivity index (χ3v) is 2.55. The second-order valence-electron chi connectivity index (χ2n) is 3.84. The van der Waals surface area contributed by atoms with E-state index in [0.29, 0.717) is 19.6 Å². The number of carboxylic acid groups (broad SMARTS) is 1. The van der Waals surface area contributed by atoms with E-state index in [4.69, 9.17) is 14.6 Å². The average molecular weight is 222 g/mol. The van der Waals surface area contributed by atoms with Gasteiger partial charge in [-0.15, -0.1) is 0 Å². The average Bonchev–Trinajstić information content (AvgIpc) is 2.66. The molecule has 2 rings (SSSR count). The zero-order chi connectivity index (χ0) is 11.4. The molecule has 4 nitrogen and oxygen atoms in total. The van der Waals surface area contributed by atoms with Gasteiger partial charge in [-0.25, -0.2) is 0 Å². The molecule has 1 N–H and O–H groups in total. The van der Waals surface area contributed by atoms with E-state index in [9.17, 15) is 4.79 Å². The van der Waals surface area contributed by atoms with Gasteiger partial charge < -0.3 is 14.6 Å².